The van der Waals surface area contributed by atoms with Crippen LogP contribution >= 0.6 is 0 Å². The molecule has 0 bridgehead atoms. The van der Waals surface area contributed by atoms with Crippen molar-refractivity contribution in [3.05, 3.63) is 83.9 Å². The molecule has 1 aliphatic heterocycles. The van der Waals surface area contributed by atoms with Gasteiger partial charge in [-0.2, -0.15) is 0 Å². The van der Waals surface area contributed by atoms with Gasteiger partial charge in [0.2, 0.25) is 0 Å². The molecule has 0 N–H and O–H groups in total. The lowest BCUT2D eigenvalue weighted by Crippen LogP contribution is -2.26. The first kappa shape index (κ1) is 16.2. The van der Waals surface area contributed by atoms with Crippen LogP contribution in [-0.4, -0.2) is 28.7 Å². The van der Waals surface area contributed by atoms with Crippen LogP contribution in [0.4, 0.5) is 0 Å². The quantitative estimate of drug-likeness (QED) is 0.511. The molecule has 3 heteroatoms. The van der Waals surface area contributed by atoms with Gasteiger partial charge in [-0.25, -0.2) is 0 Å². The van der Waals surface area contributed by atoms with Crippen molar-refractivity contribution in [1.29, 1.82) is 0 Å². The number of hydrogen-bond donors (Lipinski definition) is 0. The van der Waals surface area contributed by atoms with Gasteiger partial charge in [-0.15, -0.1) is 10.2 Å². The molecule has 1 aromatic heterocycles. The molecule has 0 atom stereocenters. The summed E-state index contributed by atoms with van der Waals surface area (Å²) in [7, 11) is 2.19. The van der Waals surface area contributed by atoms with E-state index in [2.05, 4.69) is 82.8 Å². The van der Waals surface area contributed by atoms with E-state index in [1.165, 1.54) is 21.9 Å². The van der Waals surface area contributed by atoms with Crippen molar-refractivity contribution >= 4 is 10.8 Å². The zero-order valence-electron chi connectivity index (χ0n) is 15.4. The molecule has 132 valence electrons. The van der Waals surface area contributed by atoms with Crippen LogP contribution in [0.1, 0.15) is 11.1 Å². The molecule has 0 spiro atoms. The number of fused-ring (bicyclic) bond motifs is 2. The monoisotopic (exact) mass is 351 g/mol. The predicted octanol–water partition coefficient (Wildman–Crippen LogP) is 4.95. The Bertz CT molecular complexity index is 1100. The Morgan fingerprint density at radius 2 is 1.22 bits per heavy atom. The fourth-order valence-corrected chi connectivity index (χ4v) is 3.97. The van der Waals surface area contributed by atoms with Crippen LogP contribution in [0.3, 0.4) is 0 Å². The lowest BCUT2D eigenvalue weighted by molar-refractivity contribution is 0.313. The number of rotatable bonds is 2. The highest BCUT2D eigenvalue weighted by Gasteiger charge is 2.19. The second-order valence-electron chi connectivity index (χ2n) is 7.28. The maximum Gasteiger partial charge on any atom is 0.101 e. The summed E-state index contributed by atoms with van der Waals surface area (Å²) in [5.74, 6) is 0. The highest BCUT2D eigenvalue weighted by molar-refractivity contribution is 6.02. The van der Waals surface area contributed by atoms with E-state index in [4.69, 9.17) is 0 Å². The molecule has 4 aromatic rings. The van der Waals surface area contributed by atoms with E-state index in [1.54, 1.807) is 0 Å². The van der Waals surface area contributed by atoms with E-state index in [-0.39, 0.29) is 0 Å². The first-order chi connectivity index (χ1) is 13.3. The predicted molar refractivity (Wildman–Crippen MR) is 110 cm³/mol. The molecule has 0 fully saturated rings. The van der Waals surface area contributed by atoms with Crippen LogP contribution in [0.2, 0.25) is 0 Å². The van der Waals surface area contributed by atoms with Gasteiger partial charge in [-0.1, -0.05) is 60.7 Å². The Kier molecular flexibility index (Phi) is 3.95. The first-order valence-electron chi connectivity index (χ1n) is 9.41. The van der Waals surface area contributed by atoms with Gasteiger partial charge in [0.15, 0.2) is 0 Å². The molecule has 3 nitrogen and oxygen atoms in total. The summed E-state index contributed by atoms with van der Waals surface area (Å²) in [6, 6.07) is 25.4. The highest BCUT2D eigenvalue weighted by atomic mass is 15.1. The minimum Gasteiger partial charge on any atom is -0.302 e. The zero-order chi connectivity index (χ0) is 18.2. The van der Waals surface area contributed by atoms with Crippen molar-refractivity contribution in [2.75, 3.05) is 13.6 Å². The van der Waals surface area contributed by atoms with Crippen LogP contribution in [0, 0.1) is 0 Å². The van der Waals surface area contributed by atoms with Gasteiger partial charge in [0.25, 0.3) is 0 Å². The van der Waals surface area contributed by atoms with Gasteiger partial charge in [-0.3, -0.25) is 0 Å². The largest absolute Gasteiger partial charge is 0.302 e. The third-order valence-electron chi connectivity index (χ3n) is 5.40. The molecular formula is C24H21N3. The Morgan fingerprint density at radius 1 is 0.704 bits per heavy atom. The number of benzene rings is 3. The van der Waals surface area contributed by atoms with Crippen molar-refractivity contribution in [3.8, 4) is 22.5 Å². The minimum absolute atomic E-state index is 0.960. The average Bonchev–Trinajstić information content (AvgIpc) is 2.73. The van der Waals surface area contributed by atoms with Crippen LogP contribution in [0.15, 0.2) is 72.8 Å². The number of likely N-dealkylation sites (N-methyl/N-ethyl adjacent to an activating group) is 1. The molecule has 0 amide bonds. The molecule has 0 saturated carbocycles. The molecule has 2 heterocycles. The van der Waals surface area contributed by atoms with Gasteiger partial charge in [0.1, 0.15) is 11.4 Å². The zero-order valence-corrected chi connectivity index (χ0v) is 15.4. The maximum atomic E-state index is 4.66. The summed E-state index contributed by atoms with van der Waals surface area (Å²) in [6.45, 7) is 2.09. The molecule has 5 rings (SSSR count). The lowest BCUT2D eigenvalue weighted by Gasteiger charge is -2.26. The molecule has 0 saturated heterocycles. The summed E-state index contributed by atoms with van der Waals surface area (Å²) < 4.78 is 0. The molecule has 27 heavy (non-hydrogen) atoms. The van der Waals surface area contributed by atoms with Crippen LogP contribution in [0.25, 0.3) is 33.3 Å². The molecule has 3 aromatic carbocycles. The topological polar surface area (TPSA) is 29.0 Å². The maximum absolute atomic E-state index is 4.66. The van der Waals surface area contributed by atoms with E-state index in [0.29, 0.717) is 0 Å². The van der Waals surface area contributed by atoms with Crippen LogP contribution in [0.5, 0.6) is 0 Å². The molecule has 1 aliphatic rings. The third-order valence-corrected chi connectivity index (χ3v) is 5.40. The van der Waals surface area contributed by atoms with Crippen LogP contribution < -0.4 is 0 Å². The average molecular weight is 351 g/mol. The normalized spacial score (nSPS) is 14.3. The third kappa shape index (κ3) is 2.90. The van der Waals surface area contributed by atoms with E-state index in [1.807, 2.05) is 12.1 Å². The number of aromatic nitrogens is 2. The van der Waals surface area contributed by atoms with Crippen molar-refractivity contribution in [1.82, 2.24) is 15.1 Å². The van der Waals surface area contributed by atoms with Crippen molar-refractivity contribution in [2.45, 2.75) is 13.0 Å². The SMILES string of the molecule is CN1CCc2cc3c(-c4ccccc4)nnc(-c4ccccc4)c3cc2C1. The van der Waals surface area contributed by atoms with E-state index < -0.39 is 0 Å². The summed E-state index contributed by atoms with van der Waals surface area (Å²) in [6.07, 6.45) is 1.08. The Morgan fingerprint density at radius 3 is 1.78 bits per heavy atom. The van der Waals surface area contributed by atoms with Gasteiger partial charge >= 0.3 is 0 Å². The Hall–Kier alpha value is -3.04. The summed E-state index contributed by atoms with van der Waals surface area (Å²) in [5.41, 5.74) is 6.99. The Balaban J connectivity index is 1.81. The summed E-state index contributed by atoms with van der Waals surface area (Å²) >= 11 is 0. The molecular weight excluding hydrogens is 330 g/mol. The Labute approximate surface area is 159 Å². The highest BCUT2D eigenvalue weighted by Crippen LogP contribution is 2.35. The van der Waals surface area contributed by atoms with E-state index >= 15 is 0 Å². The molecule has 0 radical (unpaired) electrons. The fourth-order valence-electron chi connectivity index (χ4n) is 3.97. The van der Waals surface area contributed by atoms with Crippen molar-refractivity contribution in [2.24, 2.45) is 0 Å². The standard InChI is InChI=1S/C24H21N3/c1-27-13-12-19-14-21-22(15-20(19)16-27)24(18-10-6-3-7-11-18)26-25-23(21)17-8-4-2-5-9-17/h2-11,14-15H,12-13,16H2,1H3. The van der Waals surface area contributed by atoms with Crippen LogP contribution in [-0.2, 0) is 13.0 Å². The smallest absolute Gasteiger partial charge is 0.101 e. The summed E-state index contributed by atoms with van der Waals surface area (Å²) in [5, 5.41) is 11.7. The van der Waals surface area contributed by atoms with Crippen molar-refractivity contribution < 1.29 is 0 Å². The second kappa shape index (κ2) is 6.60. The second-order valence-corrected chi connectivity index (χ2v) is 7.28. The van der Waals surface area contributed by atoms with Crippen molar-refractivity contribution in [3.63, 3.8) is 0 Å². The van der Waals surface area contributed by atoms with E-state index in [0.717, 1.165) is 42.0 Å². The minimum atomic E-state index is 0.960. The van der Waals surface area contributed by atoms with E-state index in [9.17, 15) is 0 Å². The number of nitrogens with zero attached hydrogens (tertiary/aromatic N) is 3. The van der Waals surface area contributed by atoms with Gasteiger partial charge in [0, 0.05) is 35.0 Å². The van der Waals surface area contributed by atoms with Gasteiger partial charge in [0.05, 0.1) is 0 Å². The molecule has 0 aliphatic carbocycles. The number of hydrogen-bond acceptors (Lipinski definition) is 3. The van der Waals surface area contributed by atoms with Gasteiger partial charge in [-0.05, 0) is 36.7 Å². The fraction of sp³-hybridized carbons (Fsp3) is 0.167. The lowest BCUT2D eigenvalue weighted by atomic mass is 9.92. The van der Waals surface area contributed by atoms with Gasteiger partial charge < -0.3 is 4.90 Å². The summed E-state index contributed by atoms with van der Waals surface area (Å²) in [4.78, 5) is 2.38. The molecule has 0 unspecified atom stereocenters. The first-order valence-corrected chi connectivity index (χ1v) is 9.41.